The molecule has 4 aromatic heterocycles. The van der Waals surface area contributed by atoms with Crippen molar-refractivity contribution >= 4 is 40.3 Å². The summed E-state index contributed by atoms with van der Waals surface area (Å²) in [6.07, 6.45) is 6.61. The fourth-order valence-corrected chi connectivity index (χ4v) is 4.53. The predicted octanol–water partition coefficient (Wildman–Crippen LogP) is -0.877. The number of aromatic nitrogens is 9. The molecule has 2 saturated heterocycles. The van der Waals surface area contributed by atoms with E-state index in [2.05, 4.69) is 40.4 Å². The first kappa shape index (κ1) is 18.7. The van der Waals surface area contributed by atoms with Gasteiger partial charge >= 0.3 is 0 Å². The molecule has 14 heteroatoms. The summed E-state index contributed by atoms with van der Waals surface area (Å²) < 4.78 is 3.60. The molecule has 32 heavy (non-hydrogen) atoms. The number of nitrogens with two attached hydrogens (primary N) is 2. The smallest absolute Gasteiger partial charge is 0.225 e. The fraction of sp³-hybridized carbons (Fsp3) is 0.444. The van der Waals surface area contributed by atoms with Crippen LogP contribution < -0.4 is 16.4 Å². The average molecular weight is 435 g/mol. The molecule has 14 nitrogen and oxygen atoms in total. The van der Waals surface area contributed by atoms with Gasteiger partial charge in [-0.1, -0.05) is 0 Å². The van der Waals surface area contributed by atoms with Crippen molar-refractivity contribution < 1.29 is 4.79 Å². The van der Waals surface area contributed by atoms with Gasteiger partial charge in [-0.05, 0) is 23.3 Å². The molecule has 0 radical (unpaired) electrons. The lowest BCUT2D eigenvalue weighted by atomic mass is 9.93. The topological polar surface area (TPSA) is 175 Å². The molecule has 0 spiro atoms. The first-order valence-electron chi connectivity index (χ1n) is 10.4. The van der Waals surface area contributed by atoms with Crippen LogP contribution in [-0.4, -0.2) is 81.5 Å². The van der Waals surface area contributed by atoms with Crippen molar-refractivity contribution in [2.24, 2.45) is 5.92 Å². The summed E-state index contributed by atoms with van der Waals surface area (Å²) in [5, 5.41) is 11.7. The van der Waals surface area contributed by atoms with Gasteiger partial charge in [0, 0.05) is 32.1 Å². The number of piperidine rings is 1. The van der Waals surface area contributed by atoms with Crippen molar-refractivity contribution in [2.75, 3.05) is 42.5 Å². The van der Waals surface area contributed by atoms with E-state index in [4.69, 9.17) is 11.5 Å². The standard InChI is InChI=1S/C18H21N13O/c19-15-14-16(24-18(20)23-15)30(9-22-14)11-7-29(8-11)17(32)10-1-3-28(4-2-10)13-6-21-5-12-25-26-27-31(12)13/h5-6,9-11H,1-4,7-8H2,(H4,19,20,23,24). The maximum Gasteiger partial charge on any atom is 0.225 e. The van der Waals surface area contributed by atoms with Gasteiger partial charge in [0.25, 0.3) is 0 Å². The molecule has 0 bridgehead atoms. The van der Waals surface area contributed by atoms with E-state index in [1.54, 1.807) is 23.2 Å². The maximum atomic E-state index is 13.0. The summed E-state index contributed by atoms with van der Waals surface area (Å²) in [6.45, 7) is 2.72. The lowest BCUT2D eigenvalue weighted by molar-refractivity contribution is -0.142. The Hall–Kier alpha value is -4.10. The highest BCUT2D eigenvalue weighted by Crippen LogP contribution is 2.30. The monoisotopic (exact) mass is 435 g/mol. The highest BCUT2D eigenvalue weighted by atomic mass is 16.2. The minimum absolute atomic E-state index is 0.00128. The summed E-state index contributed by atoms with van der Waals surface area (Å²) in [5.41, 5.74) is 13.4. The van der Waals surface area contributed by atoms with E-state index in [1.165, 1.54) is 0 Å². The van der Waals surface area contributed by atoms with Crippen LogP contribution in [-0.2, 0) is 4.79 Å². The van der Waals surface area contributed by atoms with Crippen LogP contribution in [0.3, 0.4) is 0 Å². The van der Waals surface area contributed by atoms with Crippen LogP contribution >= 0.6 is 0 Å². The number of carbonyl (C=O) groups is 1. The number of nitrogen functional groups attached to an aromatic ring is 2. The Labute approximate surface area is 181 Å². The zero-order valence-electron chi connectivity index (χ0n) is 17.1. The number of amides is 1. The van der Waals surface area contributed by atoms with Crippen molar-refractivity contribution in [3.8, 4) is 0 Å². The molecule has 0 aromatic carbocycles. The molecule has 4 N–H and O–H groups in total. The largest absolute Gasteiger partial charge is 0.382 e. The molecule has 4 aromatic rings. The Morgan fingerprint density at radius 1 is 1.09 bits per heavy atom. The van der Waals surface area contributed by atoms with Gasteiger partial charge in [-0.3, -0.25) is 9.78 Å². The van der Waals surface area contributed by atoms with Gasteiger partial charge in [0.05, 0.1) is 24.8 Å². The van der Waals surface area contributed by atoms with Crippen LogP contribution in [0, 0.1) is 5.92 Å². The molecule has 164 valence electrons. The van der Waals surface area contributed by atoms with Crippen LogP contribution in [0.25, 0.3) is 16.8 Å². The van der Waals surface area contributed by atoms with Crippen molar-refractivity contribution in [2.45, 2.75) is 18.9 Å². The highest BCUT2D eigenvalue weighted by Gasteiger charge is 2.37. The van der Waals surface area contributed by atoms with Crippen LogP contribution in [0.5, 0.6) is 0 Å². The van der Waals surface area contributed by atoms with Gasteiger partial charge in [-0.25, -0.2) is 4.98 Å². The van der Waals surface area contributed by atoms with Gasteiger partial charge < -0.3 is 25.8 Å². The summed E-state index contributed by atoms with van der Waals surface area (Å²) in [6, 6.07) is 0.0984. The SMILES string of the molecule is Nc1nc(N)c2ncn(C3CN(C(=O)C4CCN(c5cncc6nnnn56)CC4)C3)c2n1. The molecule has 0 aliphatic carbocycles. The number of tetrazole rings is 1. The minimum Gasteiger partial charge on any atom is -0.382 e. The summed E-state index contributed by atoms with van der Waals surface area (Å²) >= 11 is 0. The highest BCUT2D eigenvalue weighted by molar-refractivity contribution is 5.83. The van der Waals surface area contributed by atoms with Gasteiger partial charge in [-0.15, -0.1) is 5.10 Å². The lowest BCUT2D eigenvalue weighted by Gasteiger charge is -2.43. The molecule has 2 aliphatic rings. The molecule has 6 heterocycles. The minimum atomic E-state index is 0.00128. The number of hydrogen-bond acceptors (Lipinski definition) is 11. The lowest BCUT2D eigenvalue weighted by Crippen LogP contribution is -2.54. The number of anilines is 3. The first-order valence-corrected chi connectivity index (χ1v) is 10.4. The molecule has 2 fully saturated rings. The second kappa shape index (κ2) is 6.96. The van der Waals surface area contributed by atoms with E-state index >= 15 is 0 Å². The Balaban J connectivity index is 1.10. The van der Waals surface area contributed by atoms with Gasteiger partial charge in [0.1, 0.15) is 5.52 Å². The van der Waals surface area contributed by atoms with Crippen LogP contribution in [0.2, 0.25) is 0 Å². The Kier molecular flexibility index (Phi) is 4.06. The van der Waals surface area contributed by atoms with E-state index in [9.17, 15) is 4.79 Å². The predicted molar refractivity (Wildman–Crippen MR) is 113 cm³/mol. The normalized spacial score (nSPS) is 17.9. The van der Waals surface area contributed by atoms with E-state index in [0.717, 1.165) is 31.7 Å². The van der Waals surface area contributed by atoms with Crippen LogP contribution in [0.4, 0.5) is 17.6 Å². The zero-order valence-corrected chi connectivity index (χ0v) is 17.1. The third-order valence-electron chi connectivity index (χ3n) is 6.29. The quantitative estimate of drug-likeness (QED) is 0.409. The number of carbonyl (C=O) groups excluding carboxylic acids is 1. The molecule has 0 unspecified atom stereocenters. The van der Waals surface area contributed by atoms with Crippen LogP contribution in [0.1, 0.15) is 18.9 Å². The summed E-state index contributed by atoms with van der Waals surface area (Å²) in [7, 11) is 0. The van der Waals surface area contributed by atoms with Crippen molar-refractivity contribution in [3.05, 3.63) is 18.7 Å². The number of rotatable bonds is 3. The van der Waals surface area contributed by atoms with Crippen molar-refractivity contribution in [1.82, 2.24) is 49.4 Å². The molecule has 0 saturated carbocycles. The van der Waals surface area contributed by atoms with Crippen molar-refractivity contribution in [3.63, 3.8) is 0 Å². The molecular formula is C18H21N13O. The fourth-order valence-electron chi connectivity index (χ4n) is 4.53. The number of hydrogen-bond donors (Lipinski definition) is 2. The van der Waals surface area contributed by atoms with E-state index in [0.29, 0.717) is 29.9 Å². The average Bonchev–Trinajstić information content (AvgIpc) is 3.40. The summed E-state index contributed by atoms with van der Waals surface area (Å²) in [4.78, 5) is 33.9. The van der Waals surface area contributed by atoms with Crippen LogP contribution in [0.15, 0.2) is 18.7 Å². The Morgan fingerprint density at radius 2 is 1.91 bits per heavy atom. The second-order valence-electron chi connectivity index (χ2n) is 8.16. The van der Waals surface area contributed by atoms with Crippen molar-refractivity contribution in [1.29, 1.82) is 0 Å². The number of nitrogens with zero attached hydrogens (tertiary/aromatic N) is 11. The molecule has 1 amide bonds. The molecular weight excluding hydrogens is 414 g/mol. The third kappa shape index (κ3) is 2.86. The third-order valence-corrected chi connectivity index (χ3v) is 6.29. The van der Waals surface area contributed by atoms with E-state index < -0.39 is 0 Å². The second-order valence-corrected chi connectivity index (χ2v) is 8.16. The number of fused-ring (bicyclic) bond motifs is 2. The number of imidazole rings is 1. The molecule has 6 rings (SSSR count). The van der Waals surface area contributed by atoms with Gasteiger partial charge in [-0.2, -0.15) is 14.5 Å². The Bertz CT molecular complexity index is 1320. The summed E-state index contributed by atoms with van der Waals surface area (Å²) in [5.74, 6) is 1.41. The zero-order chi connectivity index (χ0) is 21.8. The van der Waals surface area contributed by atoms with E-state index in [-0.39, 0.29) is 29.6 Å². The molecule has 2 aliphatic heterocycles. The van der Waals surface area contributed by atoms with E-state index in [1.807, 2.05) is 9.47 Å². The van der Waals surface area contributed by atoms with Gasteiger partial charge in [0.15, 0.2) is 22.9 Å². The maximum absolute atomic E-state index is 13.0. The molecule has 0 atom stereocenters. The Morgan fingerprint density at radius 3 is 2.72 bits per heavy atom. The number of likely N-dealkylation sites (tertiary alicyclic amines) is 1. The van der Waals surface area contributed by atoms with Gasteiger partial charge in [0.2, 0.25) is 11.9 Å². The first-order chi connectivity index (χ1) is 15.6.